The highest BCUT2D eigenvalue weighted by Gasteiger charge is 2.23. The Morgan fingerprint density at radius 1 is 0.562 bits per heavy atom. The average molecular weight is 218 g/mol. The summed E-state index contributed by atoms with van der Waals surface area (Å²) in [7, 11) is 0. The van der Waals surface area contributed by atoms with Gasteiger partial charge in [-0.15, -0.1) is 0 Å². The minimum Gasteiger partial charge on any atom is -0.0953 e. The molecule has 0 aliphatic heterocycles. The molecule has 0 saturated heterocycles. The third-order valence-electron chi connectivity index (χ3n) is 4.61. The van der Waals surface area contributed by atoms with Crippen molar-refractivity contribution in [3.8, 4) is 0 Å². The first-order valence-corrected chi connectivity index (χ1v) is 7.17. The van der Waals surface area contributed by atoms with Crippen molar-refractivity contribution in [2.45, 2.75) is 64.2 Å². The minimum atomic E-state index is 0.767. The van der Waals surface area contributed by atoms with Crippen molar-refractivity contribution in [3.05, 3.63) is 24.3 Å². The predicted molar refractivity (Wildman–Crippen MR) is 71.4 cm³/mol. The van der Waals surface area contributed by atoms with Crippen LogP contribution in [0.1, 0.15) is 64.2 Å². The molecular formula is C16H26. The Morgan fingerprint density at radius 2 is 0.875 bits per heavy atom. The maximum absolute atomic E-state index is 4.35. The summed E-state index contributed by atoms with van der Waals surface area (Å²) >= 11 is 0. The Morgan fingerprint density at radius 3 is 1.19 bits per heavy atom. The van der Waals surface area contributed by atoms with Gasteiger partial charge < -0.3 is 0 Å². The van der Waals surface area contributed by atoms with Gasteiger partial charge in [-0.25, -0.2) is 0 Å². The van der Waals surface area contributed by atoms with E-state index >= 15 is 0 Å². The first kappa shape index (κ1) is 12.0. The van der Waals surface area contributed by atoms with E-state index in [2.05, 4.69) is 13.2 Å². The number of hydrogen-bond donors (Lipinski definition) is 0. The van der Waals surface area contributed by atoms with Gasteiger partial charge >= 0.3 is 0 Å². The van der Waals surface area contributed by atoms with Crippen molar-refractivity contribution in [2.75, 3.05) is 0 Å². The fourth-order valence-electron chi connectivity index (χ4n) is 3.43. The van der Waals surface area contributed by atoms with Crippen molar-refractivity contribution in [1.29, 1.82) is 0 Å². The summed E-state index contributed by atoms with van der Waals surface area (Å²) in [4.78, 5) is 0. The number of allylic oxidation sites excluding steroid dienone is 2. The van der Waals surface area contributed by atoms with Crippen LogP contribution < -0.4 is 0 Å². The second-order valence-corrected chi connectivity index (χ2v) is 5.72. The minimum absolute atomic E-state index is 0.767. The van der Waals surface area contributed by atoms with Gasteiger partial charge in [-0.05, 0) is 48.7 Å². The summed E-state index contributed by atoms with van der Waals surface area (Å²) in [6.45, 7) is 8.71. The lowest BCUT2D eigenvalue weighted by Crippen LogP contribution is -2.16. The molecule has 0 nitrogen and oxygen atoms in total. The number of rotatable bonds is 3. The Labute approximate surface area is 101 Å². The van der Waals surface area contributed by atoms with Crippen molar-refractivity contribution < 1.29 is 0 Å². The molecular weight excluding hydrogens is 192 g/mol. The molecule has 2 aliphatic carbocycles. The Balaban J connectivity index is 1.89. The largest absolute Gasteiger partial charge is 0.0953 e. The maximum Gasteiger partial charge on any atom is -0.0165 e. The molecule has 0 aromatic carbocycles. The van der Waals surface area contributed by atoms with E-state index in [-0.39, 0.29) is 0 Å². The van der Waals surface area contributed by atoms with Gasteiger partial charge in [0.15, 0.2) is 0 Å². The lowest BCUT2D eigenvalue weighted by molar-refractivity contribution is 0.376. The molecule has 0 heteroatoms. The van der Waals surface area contributed by atoms with Crippen LogP contribution in [-0.4, -0.2) is 0 Å². The molecule has 16 heavy (non-hydrogen) atoms. The van der Waals surface area contributed by atoms with Gasteiger partial charge in [0.2, 0.25) is 0 Å². The van der Waals surface area contributed by atoms with Gasteiger partial charge in [0.1, 0.15) is 0 Å². The van der Waals surface area contributed by atoms with Crippen LogP contribution >= 0.6 is 0 Å². The summed E-state index contributed by atoms with van der Waals surface area (Å²) in [5.41, 5.74) is 2.82. The van der Waals surface area contributed by atoms with Crippen molar-refractivity contribution in [2.24, 2.45) is 11.8 Å². The zero-order chi connectivity index (χ0) is 11.4. The van der Waals surface area contributed by atoms with Crippen LogP contribution in [0, 0.1) is 11.8 Å². The molecule has 2 aliphatic rings. The quantitative estimate of drug-likeness (QED) is 0.567. The summed E-state index contributed by atoms with van der Waals surface area (Å²) in [5, 5.41) is 0. The Hall–Kier alpha value is -0.520. The van der Waals surface area contributed by atoms with Crippen LogP contribution in [0.3, 0.4) is 0 Å². The van der Waals surface area contributed by atoms with Crippen LogP contribution in [-0.2, 0) is 0 Å². The van der Waals surface area contributed by atoms with Gasteiger partial charge in [-0.2, -0.15) is 0 Å². The molecule has 0 heterocycles. The third kappa shape index (κ3) is 2.78. The van der Waals surface area contributed by atoms with E-state index in [0.29, 0.717) is 0 Å². The van der Waals surface area contributed by atoms with E-state index in [9.17, 15) is 0 Å². The molecule has 0 atom stereocenters. The Bertz CT molecular complexity index is 221. The smallest absolute Gasteiger partial charge is 0.0165 e. The fourth-order valence-corrected chi connectivity index (χ4v) is 3.43. The van der Waals surface area contributed by atoms with Crippen molar-refractivity contribution in [3.63, 3.8) is 0 Å². The van der Waals surface area contributed by atoms with Crippen LogP contribution in [0.15, 0.2) is 24.3 Å². The molecule has 0 aromatic heterocycles. The van der Waals surface area contributed by atoms with Crippen LogP contribution in [0.2, 0.25) is 0 Å². The van der Waals surface area contributed by atoms with Crippen molar-refractivity contribution >= 4 is 0 Å². The predicted octanol–water partition coefficient (Wildman–Crippen LogP) is 5.26. The van der Waals surface area contributed by atoms with Gasteiger partial charge in [-0.3, -0.25) is 0 Å². The monoisotopic (exact) mass is 218 g/mol. The van der Waals surface area contributed by atoms with Gasteiger partial charge in [0.05, 0.1) is 0 Å². The summed E-state index contributed by atoms with van der Waals surface area (Å²) < 4.78 is 0. The highest BCUT2D eigenvalue weighted by molar-refractivity contribution is 5.30. The van der Waals surface area contributed by atoms with Crippen LogP contribution in [0.25, 0.3) is 0 Å². The van der Waals surface area contributed by atoms with Gasteiger partial charge in [0.25, 0.3) is 0 Å². The highest BCUT2D eigenvalue weighted by atomic mass is 14.3. The van der Waals surface area contributed by atoms with Gasteiger partial charge in [-0.1, -0.05) is 51.7 Å². The molecule has 2 fully saturated rings. The summed E-state index contributed by atoms with van der Waals surface area (Å²) in [5.74, 6) is 1.53. The maximum atomic E-state index is 4.35. The zero-order valence-corrected chi connectivity index (χ0v) is 10.6. The zero-order valence-electron chi connectivity index (χ0n) is 10.6. The first-order chi connectivity index (χ1) is 7.79. The second-order valence-electron chi connectivity index (χ2n) is 5.72. The van der Waals surface area contributed by atoms with Crippen LogP contribution in [0.4, 0.5) is 0 Å². The van der Waals surface area contributed by atoms with Crippen LogP contribution in [0.5, 0.6) is 0 Å². The molecule has 2 saturated carbocycles. The van der Waals surface area contributed by atoms with Crippen molar-refractivity contribution in [1.82, 2.24) is 0 Å². The summed E-state index contributed by atoms with van der Waals surface area (Å²) in [6.07, 6.45) is 13.9. The fraction of sp³-hybridized carbons (Fsp3) is 0.750. The SMILES string of the molecule is C=C(C(=C)C1CCCCC1)C1CCCCC1. The summed E-state index contributed by atoms with van der Waals surface area (Å²) in [6, 6.07) is 0. The van der Waals surface area contributed by atoms with Gasteiger partial charge in [0, 0.05) is 0 Å². The molecule has 0 N–H and O–H groups in total. The molecule has 2 rings (SSSR count). The third-order valence-corrected chi connectivity index (χ3v) is 4.61. The highest BCUT2D eigenvalue weighted by Crippen LogP contribution is 2.38. The Kier molecular flexibility index (Phi) is 4.26. The number of hydrogen-bond acceptors (Lipinski definition) is 0. The second kappa shape index (κ2) is 5.70. The average Bonchev–Trinajstić information content (AvgIpc) is 2.39. The van der Waals surface area contributed by atoms with E-state index in [4.69, 9.17) is 0 Å². The first-order valence-electron chi connectivity index (χ1n) is 7.17. The molecule has 90 valence electrons. The molecule has 0 unspecified atom stereocenters. The van der Waals surface area contributed by atoms with E-state index < -0.39 is 0 Å². The van der Waals surface area contributed by atoms with E-state index in [1.165, 1.54) is 75.4 Å². The molecule has 0 amide bonds. The molecule has 0 spiro atoms. The lowest BCUT2D eigenvalue weighted by Gasteiger charge is -2.30. The standard InChI is InChI=1S/C16H26/c1-13(15-9-5-3-6-10-15)14(2)16-11-7-4-8-12-16/h15-16H,1-12H2. The normalized spacial score (nSPS) is 24.2. The lowest BCUT2D eigenvalue weighted by atomic mass is 9.75. The molecule has 0 radical (unpaired) electrons. The van der Waals surface area contributed by atoms with E-state index in [0.717, 1.165) is 11.8 Å². The molecule has 0 aromatic rings. The topological polar surface area (TPSA) is 0 Å². The molecule has 0 bridgehead atoms. The van der Waals surface area contributed by atoms with E-state index in [1.54, 1.807) is 0 Å². The van der Waals surface area contributed by atoms with E-state index in [1.807, 2.05) is 0 Å².